The Bertz CT molecular complexity index is 1030. The van der Waals surface area contributed by atoms with Gasteiger partial charge in [0.15, 0.2) is 5.82 Å². The van der Waals surface area contributed by atoms with Crippen LogP contribution in [0.1, 0.15) is 47.5 Å². The first kappa shape index (κ1) is 21.1. The van der Waals surface area contributed by atoms with Crippen molar-refractivity contribution in [2.75, 3.05) is 0 Å². The first-order chi connectivity index (χ1) is 14.3. The number of nitrogens with one attached hydrogen (secondary N) is 2. The number of aromatic nitrogens is 2. The maximum atomic E-state index is 14.3. The highest BCUT2D eigenvalue weighted by atomic mass is 19.1. The predicted molar refractivity (Wildman–Crippen MR) is 104 cm³/mol. The molecule has 2 aromatic carbocycles. The highest BCUT2D eigenvalue weighted by molar-refractivity contribution is 6.35. The molecule has 9 heteroatoms. The first-order valence-electron chi connectivity index (χ1n) is 9.25. The second kappa shape index (κ2) is 9.27. The molecule has 1 aromatic heterocycles. The van der Waals surface area contributed by atoms with Crippen LogP contribution in [0.15, 0.2) is 53.1 Å². The third kappa shape index (κ3) is 5.06. The second-order valence-electron chi connectivity index (χ2n) is 6.70. The molecule has 156 valence electrons. The van der Waals surface area contributed by atoms with Crippen LogP contribution in [0.5, 0.6) is 0 Å². The van der Waals surface area contributed by atoms with E-state index in [0.29, 0.717) is 0 Å². The number of hydrogen-bond acceptors (Lipinski definition) is 6. The van der Waals surface area contributed by atoms with E-state index < -0.39 is 29.8 Å². The molecule has 3 aromatic rings. The average molecular weight is 412 g/mol. The van der Waals surface area contributed by atoms with E-state index in [2.05, 4.69) is 20.8 Å². The van der Waals surface area contributed by atoms with Gasteiger partial charge in [0, 0.05) is 19.0 Å². The quantitative estimate of drug-likeness (QED) is 0.534. The normalized spacial score (nSPS) is 12.8. The highest BCUT2D eigenvalue weighted by Crippen LogP contribution is 2.22. The second-order valence-corrected chi connectivity index (χ2v) is 6.70. The molecule has 2 atom stereocenters. The van der Waals surface area contributed by atoms with Gasteiger partial charge < -0.3 is 20.3 Å². The van der Waals surface area contributed by atoms with Gasteiger partial charge in [-0.3, -0.25) is 9.59 Å². The molecule has 0 saturated carbocycles. The Hall–Kier alpha value is -3.59. The standard InChI is InChI=1S/C21H21FN4O4/c1-12(27)15-9-7-14(8-10-15)11-23-20(28)21(29)25-18(19-24-13(2)30-26-19)16-5-3-4-6-17(16)22/h3-10,12,18,27H,11H2,1-2H3,(H,23,28)(H,25,29). The maximum Gasteiger partial charge on any atom is 0.310 e. The van der Waals surface area contributed by atoms with E-state index in [4.69, 9.17) is 4.52 Å². The van der Waals surface area contributed by atoms with E-state index >= 15 is 0 Å². The number of aliphatic hydroxyl groups excluding tert-OH is 1. The lowest BCUT2D eigenvalue weighted by Gasteiger charge is -2.16. The Balaban J connectivity index is 1.69. The van der Waals surface area contributed by atoms with Gasteiger partial charge in [0.25, 0.3) is 0 Å². The molecule has 3 rings (SSSR count). The molecule has 8 nitrogen and oxygen atoms in total. The zero-order valence-corrected chi connectivity index (χ0v) is 16.4. The Morgan fingerprint density at radius 2 is 1.83 bits per heavy atom. The van der Waals surface area contributed by atoms with Crippen LogP contribution in [0, 0.1) is 12.7 Å². The van der Waals surface area contributed by atoms with Crippen molar-refractivity contribution in [3.05, 3.63) is 82.8 Å². The molecule has 0 radical (unpaired) electrons. The van der Waals surface area contributed by atoms with Crippen molar-refractivity contribution in [1.82, 2.24) is 20.8 Å². The van der Waals surface area contributed by atoms with Crippen molar-refractivity contribution in [2.24, 2.45) is 0 Å². The first-order valence-corrected chi connectivity index (χ1v) is 9.25. The zero-order valence-electron chi connectivity index (χ0n) is 16.4. The molecule has 1 heterocycles. The minimum absolute atomic E-state index is 0.0347. The maximum absolute atomic E-state index is 14.3. The molecular formula is C21H21FN4O4. The Morgan fingerprint density at radius 1 is 1.13 bits per heavy atom. The number of rotatable bonds is 6. The fraction of sp³-hybridized carbons (Fsp3) is 0.238. The van der Waals surface area contributed by atoms with E-state index in [1.807, 2.05) is 0 Å². The number of benzene rings is 2. The molecule has 0 bridgehead atoms. The van der Waals surface area contributed by atoms with Gasteiger partial charge in [-0.05, 0) is 24.1 Å². The number of halogens is 1. The summed E-state index contributed by atoms with van der Waals surface area (Å²) in [7, 11) is 0. The molecule has 0 aliphatic carbocycles. The van der Waals surface area contributed by atoms with Crippen LogP contribution in [-0.4, -0.2) is 27.1 Å². The topological polar surface area (TPSA) is 117 Å². The SMILES string of the molecule is Cc1nc(C(NC(=O)C(=O)NCc2ccc(C(C)O)cc2)c2ccccc2F)no1. The van der Waals surface area contributed by atoms with Crippen LogP contribution < -0.4 is 10.6 Å². The smallest absolute Gasteiger partial charge is 0.310 e. The van der Waals surface area contributed by atoms with Crippen LogP contribution >= 0.6 is 0 Å². The summed E-state index contributed by atoms with van der Waals surface area (Å²) in [4.78, 5) is 28.7. The lowest BCUT2D eigenvalue weighted by atomic mass is 10.1. The lowest BCUT2D eigenvalue weighted by Crippen LogP contribution is -2.42. The molecular weight excluding hydrogens is 391 g/mol. The van der Waals surface area contributed by atoms with Crippen molar-refractivity contribution in [3.63, 3.8) is 0 Å². The summed E-state index contributed by atoms with van der Waals surface area (Å²) in [5.74, 6) is -2.16. The van der Waals surface area contributed by atoms with Gasteiger partial charge in [0.05, 0.1) is 6.10 Å². The largest absolute Gasteiger partial charge is 0.389 e. The lowest BCUT2D eigenvalue weighted by molar-refractivity contribution is -0.139. The van der Waals surface area contributed by atoms with Crippen LogP contribution in [0.4, 0.5) is 4.39 Å². The van der Waals surface area contributed by atoms with Crippen molar-refractivity contribution >= 4 is 11.8 Å². The van der Waals surface area contributed by atoms with Crippen LogP contribution in [0.3, 0.4) is 0 Å². The Morgan fingerprint density at radius 3 is 2.43 bits per heavy atom. The van der Waals surface area contributed by atoms with Gasteiger partial charge in [-0.25, -0.2) is 4.39 Å². The van der Waals surface area contributed by atoms with Crippen molar-refractivity contribution in [2.45, 2.75) is 32.5 Å². The summed E-state index contributed by atoms with van der Waals surface area (Å²) in [6.07, 6.45) is -0.594. The average Bonchev–Trinajstić information content (AvgIpc) is 3.17. The van der Waals surface area contributed by atoms with E-state index in [-0.39, 0.29) is 23.8 Å². The monoisotopic (exact) mass is 412 g/mol. The molecule has 0 fully saturated rings. The molecule has 2 amide bonds. The molecule has 0 aliphatic rings. The van der Waals surface area contributed by atoms with Crippen molar-refractivity contribution < 1.29 is 23.6 Å². The summed E-state index contributed by atoms with van der Waals surface area (Å²) in [5, 5.41) is 18.2. The molecule has 0 saturated heterocycles. The molecule has 2 unspecified atom stereocenters. The molecule has 0 spiro atoms. The molecule has 3 N–H and O–H groups in total. The van der Waals surface area contributed by atoms with Gasteiger partial charge in [-0.1, -0.05) is 47.6 Å². The van der Waals surface area contributed by atoms with Crippen LogP contribution in [0.2, 0.25) is 0 Å². The summed E-state index contributed by atoms with van der Waals surface area (Å²) >= 11 is 0. The van der Waals surface area contributed by atoms with Crippen molar-refractivity contribution in [3.8, 4) is 0 Å². The summed E-state index contributed by atoms with van der Waals surface area (Å²) < 4.78 is 19.2. The minimum Gasteiger partial charge on any atom is -0.389 e. The molecule has 0 aliphatic heterocycles. The highest BCUT2D eigenvalue weighted by Gasteiger charge is 2.27. The Kier molecular flexibility index (Phi) is 6.53. The van der Waals surface area contributed by atoms with Gasteiger partial charge >= 0.3 is 11.8 Å². The summed E-state index contributed by atoms with van der Waals surface area (Å²) in [6, 6.07) is 11.7. The van der Waals surface area contributed by atoms with Crippen LogP contribution in [-0.2, 0) is 16.1 Å². The molecule has 30 heavy (non-hydrogen) atoms. The predicted octanol–water partition coefficient (Wildman–Crippen LogP) is 2.09. The fourth-order valence-electron chi connectivity index (χ4n) is 2.80. The van der Waals surface area contributed by atoms with E-state index in [0.717, 1.165) is 11.1 Å². The Labute approximate surface area is 172 Å². The van der Waals surface area contributed by atoms with E-state index in [1.54, 1.807) is 44.2 Å². The van der Waals surface area contributed by atoms with E-state index in [9.17, 15) is 19.1 Å². The third-order valence-corrected chi connectivity index (χ3v) is 4.41. The number of hydrogen-bond donors (Lipinski definition) is 3. The van der Waals surface area contributed by atoms with Gasteiger partial charge in [-0.2, -0.15) is 4.98 Å². The summed E-state index contributed by atoms with van der Waals surface area (Å²) in [6.45, 7) is 3.32. The van der Waals surface area contributed by atoms with Gasteiger partial charge in [0.1, 0.15) is 11.9 Å². The fourth-order valence-corrected chi connectivity index (χ4v) is 2.80. The number of amides is 2. The number of carbonyl (C=O) groups is 2. The summed E-state index contributed by atoms with van der Waals surface area (Å²) in [5.41, 5.74) is 1.60. The number of aliphatic hydroxyl groups is 1. The third-order valence-electron chi connectivity index (χ3n) is 4.41. The van der Waals surface area contributed by atoms with E-state index in [1.165, 1.54) is 18.2 Å². The number of carbonyl (C=O) groups excluding carboxylic acids is 2. The number of nitrogens with zero attached hydrogens (tertiary/aromatic N) is 2. The minimum atomic E-state index is -1.09. The van der Waals surface area contributed by atoms with Gasteiger partial charge in [-0.15, -0.1) is 0 Å². The van der Waals surface area contributed by atoms with Gasteiger partial charge in [0.2, 0.25) is 5.89 Å². The van der Waals surface area contributed by atoms with Crippen LogP contribution in [0.25, 0.3) is 0 Å². The van der Waals surface area contributed by atoms with Crippen molar-refractivity contribution in [1.29, 1.82) is 0 Å². The number of aryl methyl sites for hydroxylation is 1. The zero-order chi connectivity index (χ0) is 21.7.